The molecule has 0 aromatic carbocycles. The van der Waals surface area contributed by atoms with Crippen molar-refractivity contribution in [3.63, 3.8) is 0 Å². The Morgan fingerprint density at radius 2 is 1.75 bits per heavy atom. The minimum Gasteiger partial charge on any atom is -0.531 e. The SMILES string of the molecule is [B][N-]F.[K+]. The third kappa shape index (κ3) is 9.52. The number of hydrogen-bond donors (Lipinski definition) is 0. The molecule has 0 aliphatic carbocycles. The number of halogens is 1. The van der Waals surface area contributed by atoms with Crippen molar-refractivity contribution in [2.75, 3.05) is 0 Å². The van der Waals surface area contributed by atoms with E-state index < -0.39 is 0 Å². The zero-order valence-corrected chi connectivity index (χ0v) is 5.53. The molecule has 0 amide bonds. The summed E-state index contributed by atoms with van der Waals surface area (Å²) in [6, 6.07) is 0. The minimum atomic E-state index is 0. The first-order valence-corrected chi connectivity index (χ1v) is 0.427. The summed E-state index contributed by atoms with van der Waals surface area (Å²) in [4.78, 5) is 0. The van der Waals surface area contributed by atoms with Gasteiger partial charge in [-0.15, -0.1) is 0 Å². The predicted octanol–water partition coefficient (Wildman–Crippen LogP) is -2.67. The Balaban J connectivity index is 0. The van der Waals surface area contributed by atoms with Crippen molar-refractivity contribution in [3.8, 4) is 0 Å². The fourth-order valence-electron chi connectivity index (χ4n) is 0. The van der Waals surface area contributed by atoms with Gasteiger partial charge in [-0.3, -0.25) is 0 Å². The summed E-state index contributed by atoms with van der Waals surface area (Å²) >= 11 is 0. The molecule has 1 nitrogen and oxygen atoms in total. The zero-order valence-electron chi connectivity index (χ0n) is 2.40. The molecule has 0 N–H and O–H groups in total. The van der Waals surface area contributed by atoms with E-state index in [2.05, 4.69) is 7.98 Å². The van der Waals surface area contributed by atoms with Gasteiger partial charge in [0.25, 0.3) is 0 Å². The van der Waals surface area contributed by atoms with E-state index in [0.29, 0.717) is 0 Å². The molecule has 0 heterocycles. The summed E-state index contributed by atoms with van der Waals surface area (Å²) in [5.74, 6) is 0. The minimum absolute atomic E-state index is 0. The van der Waals surface area contributed by atoms with Crippen molar-refractivity contribution in [3.05, 3.63) is 5.45 Å². The molecule has 0 atom stereocenters. The van der Waals surface area contributed by atoms with Crippen LogP contribution in [0, 0.1) is 0 Å². The van der Waals surface area contributed by atoms with E-state index in [0.717, 1.165) is 0 Å². The summed E-state index contributed by atoms with van der Waals surface area (Å²) in [6.45, 7) is 0. The number of rotatable bonds is 0. The van der Waals surface area contributed by atoms with Crippen molar-refractivity contribution in [1.82, 2.24) is 0 Å². The maximum absolute atomic E-state index is 9.69. The first kappa shape index (κ1) is 9.14. The first-order chi connectivity index (χ1) is 1.41. The molecule has 0 aromatic heterocycles. The van der Waals surface area contributed by atoms with Crippen LogP contribution < -0.4 is 51.4 Å². The fourth-order valence-corrected chi connectivity index (χ4v) is 0. The summed E-state index contributed by atoms with van der Waals surface area (Å²) in [5, 5.41) is 0. The molecule has 0 rings (SSSR count). The molecule has 0 aliphatic heterocycles. The molecule has 4 heavy (non-hydrogen) atoms. The van der Waals surface area contributed by atoms with E-state index in [-0.39, 0.29) is 51.4 Å². The Morgan fingerprint density at radius 3 is 1.75 bits per heavy atom. The molecule has 0 bridgehead atoms. The van der Waals surface area contributed by atoms with Crippen molar-refractivity contribution in [2.24, 2.45) is 0 Å². The Labute approximate surface area is 68.1 Å². The van der Waals surface area contributed by atoms with Crippen LogP contribution in [0.3, 0.4) is 0 Å². The fraction of sp³-hybridized carbons (Fsp3) is 0. The monoisotopic (exact) mass is 83.0 g/mol. The molecule has 0 saturated heterocycles. The van der Waals surface area contributed by atoms with E-state index in [1.165, 1.54) is 5.45 Å². The van der Waals surface area contributed by atoms with Crippen LogP contribution in [0.1, 0.15) is 0 Å². The average molecular weight is 82.9 g/mol. The molecule has 2 radical (unpaired) electrons. The van der Waals surface area contributed by atoms with Crippen LogP contribution in [0.4, 0.5) is 4.48 Å². The predicted molar refractivity (Wildman–Crippen MR) is 10.2 cm³/mol. The van der Waals surface area contributed by atoms with Gasteiger partial charge in [0, 0.05) is 0 Å². The van der Waals surface area contributed by atoms with Crippen LogP contribution in [-0.4, -0.2) is 7.98 Å². The molecule has 0 unspecified atom stereocenters. The standard InChI is InChI=1S/BFN.K/c1-3-2;/q-1;+1. The second-order valence-electron chi connectivity index (χ2n) is 0.0976. The van der Waals surface area contributed by atoms with Crippen molar-refractivity contribution < 1.29 is 55.9 Å². The van der Waals surface area contributed by atoms with Gasteiger partial charge in [-0.2, -0.15) is 0 Å². The molecule has 0 saturated carbocycles. The Hall–Kier alpha value is 1.59. The number of nitrogens with zero attached hydrogens (tertiary/aromatic N) is 1. The Kier molecular flexibility index (Phi) is 20.1. The van der Waals surface area contributed by atoms with Gasteiger partial charge in [-0.1, -0.05) is 7.98 Å². The summed E-state index contributed by atoms with van der Waals surface area (Å²) in [6.07, 6.45) is 0. The number of hydrogen-bond acceptors (Lipinski definition) is 0. The van der Waals surface area contributed by atoms with Crippen LogP contribution in [0.25, 0.3) is 5.45 Å². The largest absolute Gasteiger partial charge is 1.00 e. The molecule has 4 heteroatoms. The molecule has 0 aromatic rings. The average Bonchev–Trinajstić information content (AvgIpc) is 0.918. The van der Waals surface area contributed by atoms with Crippen LogP contribution in [0.15, 0.2) is 0 Å². The van der Waals surface area contributed by atoms with E-state index in [4.69, 9.17) is 0 Å². The van der Waals surface area contributed by atoms with E-state index in [1.807, 2.05) is 0 Å². The smallest absolute Gasteiger partial charge is 0.531 e. The van der Waals surface area contributed by atoms with Crippen LogP contribution in [0.5, 0.6) is 0 Å². The zero-order chi connectivity index (χ0) is 2.71. The van der Waals surface area contributed by atoms with Crippen molar-refractivity contribution >= 4 is 7.98 Å². The van der Waals surface area contributed by atoms with Gasteiger partial charge in [0.1, 0.15) is 0 Å². The van der Waals surface area contributed by atoms with Gasteiger partial charge < -0.3 is 9.93 Å². The second kappa shape index (κ2) is 8.82. The van der Waals surface area contributed by atoms with Gasteiger partial charge in [-0.25, -0.2) is 0 Å². The third-order valence-electron chi connectivity index (χ3n) is 0. The van der Waals surface area contributed by atoms with Gasteiger partial charge in [0.15, 0.2) is 0 Å². The van der Waals surface area contributed by atoms with Gasteiger partial charge in [-0.05, 0) is 0 Å². The van der Waals surface area contributed by atoms with Gasteiger partial charge in [0.2, 0.25) is 0 Å². The topological polar surface area (TPSA) is 14.1 Å². The van der Waals surface area contributed by atoms with Gasteiger partial charge >= 0.3 is 51.4 Å². The third-order valence-corrected chi connectivity index (χ3v) is 0. The molecule has 0 fully saturated rings. The Morgan fingerprint density at radius 1 is 1.75 bits per heavy atom. The van der Waals surface area contributed by atoms with E-state index in [1.54, 1.807) is 0 Å². The van der Waals surface area contributed by atoms with Crippen molar-refractivity contribution in [2.45, 2.75) is 0 Å². The molecule has 16 valence electrons. The van der Waals surface area contributed by atoms with E-state index in [9.17, 15) is 4.48 Å². The quantitative estimate of drug-likeness (QED) is 0.283. The normalized spacial score (nSPS) is 4.25. The molecule has 0 spiro atoms. The molecule has 0 aliphatic rings. The van der Waals surface area contributed by atoms with E-state index >= 15 is 0 Å². The van der Waals surface area contributed by atoms with Crippen LogP contribution in [0.2, 0.25) is 0 Å². The second-order valence-corrected chi connectivity index (χ2v) is 0.0976. The molecular formula is BFKN. The van der Waals surface area contributed by atoms with Crippen LogP contribution in [-0.2, 0) is 0 Å². The van der Waals surface area contributed by atoms with Gasteiger partial charge in [0.05, 0.1) is 0 Å². The van der Waals surface area contributed by atoms with Crippen molar-refractivity contribution in [1.29, 1.82) is 0 Å². The molecular weight excluding hydrogens is 82.9 g/mol. The summed E-state index contributed by atoms with van der Waals surface area (Å²) < 4.78 is 9.69. The maximum Gasteiger partial charge on any atom is 1.00 e. The van der Waals surface area contributed by atoms with Crippen LogP contribution >= 0.6 is 0 Å². The Bertz CT molecular complexity index is 8.00. The maximum atomic E-state index is 9.69. The summed E-state index contributed by atoms with van der Waals surface area (Å²) in [7, 11) is 3.81. The summed E-state index contributed by atoms with van der Waals surface area (Å²) in [5.41, 5.74) is 1.50. The first-order valence-electron chi connectivity index (χ1n) is 0.427.